The van der Waals surface area contributed by atoms with Crippen molar-refractivity contribution in [1.82, 2.24) is 0 Å². The van der Waals surface area contributed by atoms with Gasteiger partial charge in [-0.1, -0.05) is 39.0 Å². The maximum Gasteiger partial charge on any atom is 0.123 e. The van der Waals surface area contributed by atoms with Crippen molar-refractivity contribution in [3.8, 4) is 11.5 Å². The van der Waals surface area contributed by atoms with Gasteiger partial charge in [0.15, 0.2) is 0 Å². The molecule has 0 aliphatic heterocycles. The molecular formula is C17H26O2. The van der Waals surface area contributed by atoms with Gasteiger partial charge in [0, 0.05) is 0 Å². The lowest BCUT2D eigenvalue weighted by Crippen LogP contribution is -2.00. The first-order valence-corrected chi connectivity index (χ1v) is 7.17. The quantitative estimate of drug-likeness (QED) is 0.595. The summed E-state index contributed by atoms with van der Waals surface area (Å²) >= 11 is 0. The summed E-state index contributed by atoms with van der Waals surface area (Å²) < 4.78 is 11.0. The molecule has 106 valence electrons. The van der Waals surface area contributed by atoms with Crippen LogP contribution in [0.4, 0.5) is 0 Å². The Bertz CT molecular complexity index is 372. The van der Waals surface area contributed by atoms with E-state index >= 15 is 0 Å². The number of hydrogen-bond donors (Lipinski definition) is 0. The van der Waals surface area contributed by atoms with Crippen LogP contribution in [0.25, 0.3) is 0 Å². The fourth-order valence-corrected chi connectivity index (χ4v) is 2.03. The topological polar surface area (TPSA) is 18.5 Å². The molecular weight excluding hydrogens is 236 g/mol. The zero-order chi connectivity index (χ0) is 14.1. The SMILES string of the molecule is [CH2]c1cc(OCCCCCCCC)c([CH2])cc1OC. The first-order valence-electron chi connectivity index (χ1n) is 7.17. The van der Waals surface area contributed by atoms with Crippen LogP contribution in [0.5, 0.6) is 11.5 Å². The molecule has 0 bridgehead atoms. The third kappa shape index (κ3) is 5.54. The lowest BCUT2D eigenvalue weighted by Gasteiger charge is -2.12. The molecule has 1 aromatic carbocycles. The molecule has 0 saturated heterocycles. The Hall–Kier alpha value is -1.18. The molecule has 0 unspecified atom stereocenters. The van der Waals surface area contributed by atoms with Crippen molar-refractivity contribution in [2.75, 3.05) is 13.7 Å². The highest BCUT2D eigenvalue weighted by Crippen LogP contribution is 2.27. The first-order chi connectivity index (χ1) is 9.19. The summed E-state index contributed by atoms with van der Waals surface area (Å²) in [6.45, 7) is 10.9. The molecule has 0 fully saturated rings. The van der Waals surface area contributed by atoms with E-state index in [0.717, 1.165) is 35.7 Å². The number of benzene rings is 1. The van der Waals surface area contributed by atoms with Gasteiger partial charge in [-0.3, -0.25) is 0 Å². The van der Waals surface area contributed by atoms with Crippen LogP contribution in [0.1, 0.15) is 56.6 Å². The van der Waals surface area contributed by atoms with Gasteiger partial charge < -0.3 is 9.47 Å². The summed E-state index contributed by atoms with van der Waals surface area (Å²) in [6, 6.07) is 3.77. The molecule has 0 heterocycles. The zero-order valence-electron chi connectivity index (χ0n) is 12.3. The van der Waals surface area contributed by atoms with Crippen molar-refractivity contribution in [2.24, 2.45) is 0 Å². The number of methoxy groups -OCH3 is 1. The maximum atomic E-state index is 5.77. The van der Waals surface area contributed by atoms with E-state index in [1.54, 1.807) is 7.11 Å². The van der Waals surface area contributed by atoms with Crippen LogP contribution in [0, 0.1) is 13.8 Å². The van der Waals surface area contributed by atoms with E-state index in [0.29, 0.717) is 0 Å². The smallest absolute Gasteiger partial charge is 0.123 e. The molecule has 0 aromatic heterocycles. The maximum absolute atomic E-state index is 5.77. The molecule has 0 aliphatic carbocycles. The highest BCUT2D eigenvalue weighted by atomic mass is 16.5. The van der Waals surface area contributed by atoms with Crippen LogP contribution in [0.3, 0.4) is 0 Å². The second kappa shape index (κ2) is 8.84. The van der Waals surface area contributed by atoms with Crippen LogP contribution < -0.4 is 9.47 Å². The molecule has 1 aromatic rings. The van der Waals surface area contributed by atoms with Gasteiger partial charge in [-0.15, -0.1) is 0 Å². The van der Waals surface area contributed by atoms with E-state index < -0.39 is 0 Å². The van der Waals surface area contributed by atoms with Crippen molar-refractivity contribution in [2.45, 2.75) is 45.4 Å². The molecule has 0 atom stereocenters. The predicted molar refractivity (Wildman–Crippen MR) is 80.8 cm³/mol. The summed E-state index contributed by atoms with van der Waals surface area (Å²) in [6.07, 6.45) is 7.61. The minimum Gasteiger partial charge on any atom is -0.496 e. The van der Waals surface area contributed by atoms with Gasteiger partial charge in [-0.2, -0.15) is 0 Å². The van der Waals surface area contributed by atoms with Gasteiger partial charge in [-0.05, 0) is 43.5 Å². The second-order valence-corrected chi connectivity index (χ2v) is 4.89. The van der Waals surface area contributed by atoms with Crippen LogP contribution >= 0.6 is 0 Å². The van der Waals surface area contributed by atoms with Crippen LogP contribution in [0.15, 0.2) is 12.1 Å². The van der Waals surface area contributed by atoms with Crippen molar-refractivity contribution in [3.05, 3.63) is 37.1 Å². The third-order valence-corrected chi connectivity index (χ3v) is 3.22. The molecule has 0 amide bonds. The Kier molecular flexibility index (Phi) is 7.39. The fourth-order valence-electron chi connectivity index (χ4n) is 2.03. The standard InChI is InChI=1S/C17H26O2/c1-5-6-7-8-9-10-11-19-17-13-14(2)16(18-4)12-15(17)3/h12-13H,2-3,5-11H2,1,4H3. The highest BCUT2D eigenvalue weighted by Gasteiger charge is 2.05. The first kappa shape index (κ1) is 15.9. The number of unbranched alkanes of at least 4 members (excludes halogenated alkanes) is 5. The van der Waals surface area contributed by atoms with Gasteiger partial charge in [0.05, 0.1) is 13.7 Å². The van der Waals surface area contributed by atoms with Gasteiger partial charge in [-0.25, -0.2) is 0 Å². The second-order valence-electron chi connectivity index (χ2n) is 4.89. The highest BCUT2D eigenvalue weighted by molar-refractivity contribution is 5.48. The van der Waals surface area contributed by atoms with Gasteiger partial charge in [0.25, 0.3) is 0 Å². The fraction of sp³-hybridized carbons (Fsp3) is 0.529. The Balaban J connectivity index is 2.31. The van der Waals surface area contributed by atoms with Gasteiger partial charge >= 0.3 is 0 Å². The van der Waals surface area contributed by atoms with Gasteiger partial charge in [0.2, 0.25) is 0 Å². The largest absolute Gasteiger partial charge is 0.496 e. The van der Waals surface area contributed by atoms with Crippen LogP contribution in [0.2, 0.25) is 0 Å². The molecule has 0 spiro atoms. The normalized spacial score (nSPS) is 10.5. The molecule has 0 saturated carbocycles. The average Bonchev–Trinajstić information content (AvgIpc) is 2.41. The van der Waals surface area contributed by atoms with E-state index in [2.05, 4.69) is 20.8 Å². The summed E-state index contributed by atoms with van der Waals surface area (Å²) in [5.74, 6) is 1.58. The molecule has 0 N–H and O–H groups in total. The summed E-state index contributed by atoms with van der Waals surface area (Å²) in [7, 11) is 1.64. The summed E-state index contributed by atoms with van der Waals surface area (Å²) in [4.78, 5) is 0. The summed E-state index contributed by atoms with van der Waals surface area (Å²) in [5.41, 5.74) is 1.70. The molecule has 2 nitrogen and oxygen atoms in total. The Labute approximate surface area is 118 Å². The van der Waals surface area contributed by atoms with Crippen molar-refractivity contribution < 1.29 is 9.47 Å². The van der Waals surface area contributed by atoms with E-state index in [1.165, 1.54) is 32.1 Å². The van der Waals surface area contributed by atoms with Crippen molar-refractivity contribution in [3.63, 3.8) is 0 Å². The average molecular weight is 262 g/mol. The van der Waals surface area contributed by atoms with E-state index in [4.69, 9.17) is 9.47 Å². The lowest BCUT2D eigenvalue weighted by atomic mass is 10.1. The van der Waals surface area contributed by atoms with Gasteiger partial charge in [0.1, 0.15) is 11.5 Å². The molecule has 2 radical (unpaired) electrons. The number of rotatable bonds is 9. The minimum absolute atomic E-state index is 0.750. The van der Waals surface area contributed by atoms with Crippen molar-refractivity contribution >= 4 is 0 Å². The Morgan fingerprint density at radius 1 is 0.895 bits per heavy atom. The molecule has 0 aliphatic rings. The number of hydrogen-bond acceptors (Lipinski definition) is 2. The molecule has 19 heavy (non-hydrogen) atoms. The predicted octanol–water partition coefficient (Wildman–Crippen LogP) is 4.80. The lowest BCUT2D eigenvalue weighted by molar-refractivity contribution is 0.302. The molecule has 2 heteroatoms. The van der Waals surface area contributed by atoms with Crippen LogP contribution in [-0.4, -0.2) is 13.7 Å². The monoisotopic (exact) mass is 262 g/mol. The Morgan fingerprint density at radius 2 is 1.47 bits per heavy atom. The van der Waals surface area contributed by atoms with E-state index in [-0.39, 0.29) is 0 Å². The van der Waals surface area contributed by atoms with Crippen molar-refractivity contribution in [1.29, 1.82) is 0 Å². The van der Waals surface area contributed by atoms with Crippen LogP contribution in [-0.2, 0) is 0 Å². The zero-order valence-corrected chi connectivity index (χ0v) is 12.3. The summed E-state index contributed by atoms with van der Waals surface area (Å²) in [5, 5.41) is 0. The Morgan fingerprint density at radius 3 is 2.16 bits per heavy atom. The molecule has 1 rings (SSSR count). The minimum atomic E-state index is 0.750. The third-order valence-electron chi connectivity index (χ3n) is 3.22. The number of ether oxygens (including phenoxy) is 2. The van der Waals surface area contributed by atoms with E-state index in [9.17, 15) is 0 Å². The van der Waals surface area contributed by atoms with E-state index in [1.807, 2.05) is 12.1 Å².